The molecule has 0 spiro atoms. The Bertz CT molecular complexity index is 1510. The van der Waals surface area contributed by atoms with E-state index in [9.17, 15) is 13.2 Å². The van der Waals surface area contributed by atoms with Gasteiger partial charge in [0.05, 0.1) is 17.7 Å². The summed E-state index contributed by atoms with van der Waals surface area (Å²) in [5.41, 5.74) is 1.25. The van der Waals surface area contributed by atoms with E-state index in [1.807, 2.05) is 12.1 Å². The molecule has 12 heteroatoms. The van der Waals surface area contributed by atoms with Crippen LogP contribution in [0.4, 0.5) is 0 Å². The lowest BCUT2D eigenvalue weighted by molar-refractivity contribution is 0.180. The molecule has 0 saturated carbocycles. The number of benzene rings is 2. The molecule has 0 radical (unpaired) electrons. The van der Waals surface area contributed by atoms with Crippen LogP contribution < -0.4 is 10.3 Å². The zero-order chi connectivity index (χ0) is 24.6. The summed E-state index contributed by atoms with van der Waals surface area (Å²) >= 11 is 7.30. The van der Waals surface area contributed by atoms with Gasteiger partial charge in [0.15, 0.2) is 0 Å². The molecule has 2 aromatic heterocycles. The summed E-state index contributed by atoms with van der Waals surface area (Å²) in [6, 6.07) is 15.1. The Labute approximate surface area is 211 Å². The van der Waals surface area contributed by atoms with Crippen LogP contribution in [0.5, 0.6) is 5.75 Å². The highest BCUT2D eigenvalue weighted by atomic mass is 35.5. The summed E-state index contributed by atoms with van der Waals surface area (Å²) < 4.78 is 33.9. The van der Waals surface area contributed by atoms with E-state index in [0.29, 0.717) is 59.2 Å². The van der Waals surface area contributed by atoms with Crippen molar-refractivity contribution >= 4 is 37.9 Å². The normalized spacial score (nSPS) is 15.5. The molecule has 35 heavy (non-hydrogen) atoms. The lowest BCUT2D eigenvalue weighted by atomic mass is 10.2. The molecule has 0 bridgehead atoms. The van der Waals surface area contributed by atoms with Crippen molar-refractivity contribution in [3.8, 4) is 16.3 Å². The highest BCUT2D eigenvalue weighted by molar-refractivity contribution is 7.89. The first-order chi connectivity index (χ1) is 16.8. The molecular weight excluding hydrogens is 510 g/mol. The molecule has 9 nitrogen and oxygen atoms in total. The van der Waals surface area contributed by atoms with Gasteiger partial charge < -0.3 is 4.74 Å². The van der Waals surface area contributed by atoms with Gasteiger partial charge in [-0.25, -0.2) is 13.4 Å². The summed E-state index contributed by atoms with van der Waals surface area (Å²) in [5, 5.41) is 5.71. The number of nitrogens with zero attached hydrogens (tertiary/aromatic N) is 5. The molecule has 1 saturated heterocycles. The lowest BCUT2D eigenvalue weighted by Gasteiger charge is -2.33. The molecule has 182 valence electrons. The summed E-state index contributed by atoms with van der Waals surface area (Å²) in [5.74, 6) is 0.607. The van der Waals surface area contributed by atoms with Gasteiger partial charge in [0.2, 0.25) is 15.0 Å². The maximum atomic E-state index is 13.0. The van der Waals surface area contributed by atoms with Gasteiger partial charge in [-0.3, -0.25) is 9.69 Å². The molecule has 1 aliphatic rings. The largest absolute Gasteiger partial charge is 0.497 e. The zero-order valence-corrected chi connectivity index (χ0v) is 21.2. The van der Waals surface area contributed by atoms with Crippen LogP contribution in [0.3, 0.4) is 0 Å². The maximum absolute atomic E-state index is 13.0. The Kier molecular flexibility index (Phi) is 6.60. The molecular formula is C23H22ClN5O4S2. The third kappa shape index (κ3) is 4.95. The van der Waals surface area contributed by atoms with Crippen LogP contribution >= 0.6 is 22.9 Å². The molecule has 0 aliphatic carbocycles. The number of methoxy groups -OCH3 is 1. The van der Waals surface area contributed by atoms with Crippen molar-refractivity contribution in [3.05, 3.63) is 75.7 Å². The zero-order valence-electron chi connectivity index (χ0n) is 18.8. The predicted molar refractivity (Wildman–Crippen MR) is 135 cm³/mol. The lowest BCUT2D eigenvalue weighted by Crippen LogP contribution is -2.48. The average molecular weight is 532 g/mol. The van der Waals surface area contributed by atoms with Gasteiger partial charge in [-0.05, 0) is 36.4 Å². The molecule has 3 heterocycles. The average Bonchev–Trinajstić information content (AvgIpc) is 3.30. The quantitative estimate of drug-likeness (QED) is 0.377. The molecule has 1 aliphatic heterocycles. The van der Waals surface area contributed by atoms with Crippen LogP contribution in [-0.2, 0) is 16.6 Å². The van der Waals surface area contributed by atoms with Crippen LogP contribution in [0.1, 0.15) is 5.69 Å². The van der Waals surface area contributed by atoms with E-state index in [2.05, 4.69) is 15.0 Å². The number of ether oxygens (including phenoxy) is 1. The van der Waals surface area contributed by atoms with Crippen LogP contribution in [0.25, 0.3) is 15.5 Å². The van der Waals surface area contributed by atoms with E-state index in [1.54, 1.807) is 36.4 Å². The van der Waals surface area contributed by atoms with Gasteiger partial charge in [-0.1, -0.05) is 35.1 Å². The van der Waals surface area contributed by atoms with Crippen molar-refractivity contribution in [2.75, 3.05) is 33.3 Å². The first-order valence-corrected chi connectivity index (χ1v) is 13.5. The van der Waals surface area contributed by atoms with Crippen molar-refractivity contribution in [2.24, 2.45) is 0 Å². The van der Waals surface area contributed by atoms with Crippen LogP contribution in [0.15, 0.2) is 64.3 Å². The van der Waals surface area contributed by atoms with Crippen molar-refractivity contribution in [1.29, 1.82) is 0 Å². The van der Waals surface area contributed by atoms with Crippen molar-refractivity contribution < 1.29 is 13.2 Å². The molecule has 0 amide bonds. The predicted octanol–water partition coefficient (Wildman–Crippen LogP) is 2.99. The van der Waals surface area contributed by atoms with Crippen LogP contribution in [0.2, 0.25) is 5.02 Å². The van der Waals surface area contributed by atoms with E-state index in [1.165, 1.54) is 33.3 Å². The fourth-order valence-corrected chi connectivity index (χ4v) is 6.38. The molecule has 0 unspecified atom stereocenters. The van der Waals surface area contributed by atoms with Crippen LogP contribution in [0, 0.1) is 0 Å². The van der Waals surface area contributed by atoms with E-state index >= 15 is 0 Å². The smallest absolute Gasteiger partial charge is 0.275 e. The summed E-state index contributed by atoms with van der Waals surface area (Å²) in [6.07, 6.45) is 0. The first-order valence-electron chi connectivity index (χ1n) is 10.9. The Morgan fingerprint density at radius 3 is 2.37 bits per heavy atom. The number of sulfonamides is 1. The number of piperazine rings is 1. The van der Waals surface area contributed by atoms with E-state index in [-0.39, 0.29) is 10.5 Å². The second kappa shape index (κ2) is 9.67. The molecule has 0 N–H and O–H groups in total. The molecule has 4 aromatic rings. The van der Waals surface area contributed by atoms with Crippen LogP contribution in [-0.4, -0.2) is 65.5 Å². The second-order valence-corrected chi connectivity index (χ2v) is 11.4. The highest BCUT2D eigenvalue weighted by Gasteiger charge is 2.28. The summed E-state index contributed by atoms with van der Waals surface area (Å²) in [7, 11) is -2.04. The van der Waals surface area contributed by atoms with E-state index < -0.39 is 10.0 Å². The van der Waals surface area contributed by atoms with E-state index in [0.717, 1.165) is 5.56 Å². The fraction of sp³-hybridized carbons (Fsp3) is 0.261. The number of fused-ring (bicyclic) bond motifs is 1. The Hall–Kier alpha value is -2.83. The second-order valence-electron chi connectivity index (χ2n) is 8.05. The molecule has 5 rings (SSSR count). The van der Waals surface area contributed by atoms with Crippen molar-refractivity contribution in [1.82, 2.24) is 23.8 Å². The molecule has 0 atom stereocenters. The number of rotatable bonds is 6. The maximum Gasteiger partial charge on any atom is 0.275 e. The van der Waals surface area contributed by atoms with Crippen molar-refractivity contribution in [3.63, 3.8) is 0 Å². The van der Waals surface area contributed by atoms with Gasteiger partial charge in [0.1, 0.15) is 10.8 Å². The highest BCUT2D eigenvalue weighted by Crippen LogP contribution is 2.26. The van der Waals surface area contributed by atoms with E-state index in [4.69, 9.17) is 16.3 Å². The third-order valence-corrected chi connectivity index (χ3v) is 8.93. The van der Waals surface area contributed by atoms with Crippen molar-refractivity contribution in [2.45, 2.75) is 11.4 Å². The topological polar surface area (TPSA) is 97.1 Å². The number of hydrogen-bond donors (Lipinski definition) is 0. The van der Waals surface area contributed by atoms with Gasteiger partial charge in [0.25, 0.3) is 5.56 Å². The Balaban J connectivity index is 1.28. The fourth-order valence-electron chi connectivity index (χ4n) is 3.90. The minimum Gasteiger partial charge on any atom is -0.497 e. The number of aromatic nitrogens is 3. The number of hydrogen-bond acceptors (Lipinski definition) is 8. The van der Waals surface area contributed by atoms with Gasteiger partial charge in [-0.2, -0.15) is 13.9 Å². The molecule has 1 fully saturated rings. The summed E-state index contributed by atoms with van der Waals surface area (Å²) in [6.45, 7) is 2.24. The standard InChI is InChI=1S/C23H22ClN5O4S2/c1-33-19-6-8-20(9-7-19)35(31,32)28-12-10-27(11-13-28)15-18-14-21(30)29-23(25-18)34-22(26-29)16-2-4-17(24)5-3-16/h2-9,14H,10-13,15H2,1H3. The Morgan fingerprint density at radius 2 is 1.71 bits per heavy atom. The van der Waals surface area contributed by atoms with Gasteiger partial charge in [0, 0.05) is 49.4 Å². The minimum absolute atomic E-state index is 0.244. The molecule has 2 aromatic carbocycles. The Morgan fingerprint density at radius 1 is 1.03 bits per heavy atom. The summed E-state index contributed by atoms with van der Waals surface area (Å²) in [4.78, 5) is 20.1. The third-order valence-electron chi connectivity index (χ3n) is 5.80. The monoisotopic (exact) mass is 531 g/mol. The number of halogens is 1. The first kappa shape index (κ1) is 23.9. The minimum atomic E-state index is -3.58. The van der Waals surface area contributed by atoms with Gasteiger partial charge in [-0.15, -0.1) is 0 Å². The van der Waals surface area contributed by atoms with Gasteiger partial charge >= 0.3 is 0 Å². The SMILES string of the molecule is COc1ccc(S(=O)(=O)N2CCN(Cc3cc(=O)n4nc(-c5ccc(Cl)cc5)sc4n3)CC2)cc1.